The summed E-state index contributed by atoms with van der Waals surface area (Å²) in [6.45, 7) is 2.16. The Morgan fingerprint density at radius 3 is 2.33 bits per heavy atom. The number of halogens is 1. The molecule has 1 saturated heterocycles. The van der Waals surface area contributed by atoms with Crippen LogP contribution < -0.4 is 15.2 Å². The molecule has 8 heteroatoms. The standard InChI is InChI=1S/C22H21FN4O3/c23-17-6-8-19(9-7-17)30-16-22(29)26-14-12-25(13-15-26)20-10-11-21(28)27(24-20)18-4-2-1-3-5-18/h1-11H,12-16H2. The van der Waals surface area contributed by atoms with E-state index in [-0.39, 0.29) is 23.9 Å². The Morgan fingerprint density at radius 1 is 0.933 bits per heavy atom. The van der Waals surface area contributed by atoms with Crippen LogP contribution in [-0.4, -0.2) is 53.4 Å². The zero-order chi connectivity index (χ0) is 20.9. The Kier molecular flexibility index (Phi) is 5.74. The molecule has 0 radical (unpaired) electrons. The molecule has 0 bridgehead atoms. The average Bonchev–Trinajstić information content (AvgIpc) is 2.79. The van der Waals surface area contributed by atoms with Gasteiger partial charge < -0.3 is 14.5 Å². The highest BCUT2D eigenvalue weighted by Gasteiger charge is 2.22. The second kappa shape index (κ2) is 8.77. The molecule has 0 atom stereocenters. The van der Waals surface area contributed by atoms with Crippen LogP contribution in [0.2, 0.25) is 0 Å². The quantitative estimate of drug-likeness (QED) is 0.647. The molecule has 30 heavy (non-hydrogen) atoms. The summed E-state index contributed by atoms with van der Waals surface area (Å²) in [6, 6.07) is 18.0. The molecule has 0 N–H and O–H groups in total. The van der Waals surface area contributed by atoms with Crippen molar-refractivity contribution >= 4 is 11.7 Å². The van der Waals surface area contributed by atoms with Gasteiger partial charge in [0.15, 0.2) is 6.61 Å². The monoisotopic (exact) mass is 408 g/mol. The van der Waals surface area contributed by atoms with E-state index < -0.39 is 0 Å². The van der Waals surface area contributed by atoms with Crippen molar-refractivity contribution in [1.82, 2.24) is 14.7 Å². The van der Waals surface area contributed by atoms with Crippen LogP contribution in [0, 0.1) is 5.82 Å². The smallest absolute Gasteiger partial charge is 0.271 e. The van der Waals surface area contributed by atoms with Crippen molar-refractivity contribution in [3.05, 3.63) is 82.9 Å². The largest absolute Gasteiger partial charge is 0.484 e. The molecule has 2 heterocycles. The van der Waals surface area contributed by atoms with Gasteiger partial charge in [-0.25, -0.2) is 4.39 Å². The van der Waals surface area contributed by atoms with E-state index in [2.05, 4.69) is 5.10 Å². The zero-order valence-electron chi connectivity index (χ0n) is 16.3. The van der Waals surface area contributed by atoms with E-state index in [1.54, 1.807) is 11.0 Å². The van der Waals surface area contributed by atoms with Gasteiger partial charge in [0, 0.05) is 32.2 Å². The number of carbonyl (C=O) groups is 1. The lowest BCUT2D eigenvalue weighted by atomic mass is 10.3. The minimum atomic E-state index is -0.350. The van der Waals surface area contributed by atoms with Crippen LogP contribution in [0.25, 0.3) is 5.69 Å². The van der Waals surface area contributed by atoms with E-state index in [1.807, 2.05) is 35.2 Å². The van der Waals surface area contributed by atoms with Crippen LogP contribution in [0.5, 0.6) is 5.75 Å². The Labute approximate surface area is 172 Å². The Bertz CT molecular complexity index is 1060. The fourth-order valence-corrected chi connectivity index (χ4v) is 3.28. The molecule has 1 amide bonds. The minimum Gasteiger partial charge on any atom is -0.484 e. The number of amides is 1. The molecule has 2 aromatic carbocycles. The molecule has 154 valence electrons. The number of hydrogen-bond acceptors (Lipinski definition) is 5. The summed E-state index contributed by atoms with van der Waals surface area (Å²) in [5.74, 6) is 0.669. The van der Waals surface area contributed by atoms with Gasteiger partial charge in [-0.05, 0) is 42.5 Å². The second-order valence-electron chi connectivity index (χ2n) is 6.89. The van der Waals surface area contributed by atoms with Crippen LogP contribution in [0.1, 0.15) is 0 Å². The van der Waals surface area contributed by atoms with Crippen molar-refractivity contribution in [2.75, 3.05) is 37.7 Å². The molecule has 0 aliphatic carbocycles. The summed E-state index contributed by atoms with van der Waals surface area (Å²) in [6.07, 6.45) is 0. The van der Waals surface area contributed by atoms with E-state index in [4.69, 9.17) is 4.74 Å². The zero-order valence-corrected chi connectivity index (χ0v) is 16.3. The predicted molar refractivity (Wildman–Crippen MR) is 111 cm³/mol. The normalized spacial score (nSPS) is 13.9. The molecular formula is C22H21FN4O3. The molecule has 4 rings (SSSR count). The fraction of sp³-hybridized carbons (Fsp3) is 0.227. The molecule has 7 nitrogen and oxygen atoms in total. The molecule has 0 spiro atoms. The third-order valence-corrected chi connectivity index (χ3v) is 4.92. The Balaban J connectivity index is 1.36. The van der Waals surface area contributed by atoms with Gasteiger partial charge >= 0.3 is 0 Å². The van der Waals surface area contributed by atoms with E-state index >= 15 is 0 Å². The molecule has 1 fully saturated rings. The summed E-state index contributed by atoms with van der Waals surface area (Å²) in [7, 11) is 0. The van der Waals surface area contributed by atoms with Gasteiger partial charge in [0.1, 0.15) is 17.4 Å². The molecule has 1 aliphatic heterocycles. The highest BCUT2D eigenvalue weighted by molar-refractivity contribution is 5.78. The van der Waals surface area contributed by atoms with Crippen molar-refractivity contribution in [3.63, 3.8) is 0 Å². The average molecular weight is 408 g/mol. The second-order valence-corrected chi connectivity index (χ2v) is 6.89. The Hall–Kier alpha value is -3.68. The summed E-state index contributed by atoms with van der Waals surface area (Å²) in [4.78, 5) is 28.4. The first-order valence-corrected chi connectivity index (χ1v) is 9.67. The Morgan fingerprint density at radius 2 is 1.63 bits per heavy atom. The van der Waals surface area contributed by atoms with Crippen molar-refractivity contribution in [3.8, 4) is 11.4 Å². The van der Waals surface area contributed by atoms with Gasteiger partial charge in [-0.3, -0.25) is 9.59 Å². The lowest BCUT2D eigenvalue weighted by Crippen LogP contribution is -2.50. The molecule has 1 aliphatic rings. The number of ether oxygens (including phenoxy) is 1. The van der Waals surface area contributed by atoms with Crippen molar-refractivity contribution < 1.29 is 13.9 Å². The van der Waals surface area contributed by atoms with Crippen molar-refractivity contribution in [2.45, 2.75) is 0 Å². The lowest BCUT2D eigenvalue weighted by molar-refractivity contribution is -0.133. The number of anilines is 1. The first-order valence-electron chi connectivity index (χ1n) is 9.67. The maximum Gasteiger partial charge on any atom is 0.271 e. The first kappa shape index (κ1) is 19.6. The number of aromatic nitrogens is 2. The molecule has 0 saturated carbocycles. The molecule has 0 unspecified atom stereocenters. The van der Waals surface area contributed by atoms with Gasteiger partial charge in [-0.1, -0.05) is 18.2 Å². The summed E-state index contributed by atoms with van der Waals surface area (Å²) in [5.41, 5.74) is 0.507. The summed E-state index contributed by atoms with van der Waals surface area (Å²) < 4.78 is 19.8. The number of hydrogen-bond donors (Lipinski definition) is 0. The van der Waals surface area contributed by atoms with E-state index in [0.29, 0.717) is 43.4 Å². The minimum absolute atomic E-state index is 0.0945. The first-order chi connectivity index (χ1) is 14.6. The van der Waals surface area contributed by atoms with Gasteiger partial charge in [0.25, 0.3) is 11.5 Å². The SMILES string of the molecule is O=C(COc1ccc(F)cc1)N1CCN(c2ccc(=O)n(-c3ccccc3)n2)CC1. The highest BCUT2D eigenvalue weighted by atomic mass is 19.1. The molecule has 3 aromatic rings. The van der Waals surface area contributed by atoms with Gasteiger partial charge in [-0.15, -0.1) is 5.10 Å². The number of piperazine rings is 1. The third-order valence-electron chi connectivity index (χ3n) is 4.92. The molecule has 1 aromatic heterocycles. The maximum absolute atomic E-state index is 12.9. The van der Waals surface area contributed by atoms with Gasteiger partial charge in [0.05, 0.1) is 5.69 Å². The van der Waals surface area contributed by atoms with E-state index in [9.17, 15) is 14.0 Å². The predicted octanol–water partition coefficient (Wildman–Crippen LogP) is 2.10. The number of nitrogens with zero attached hydrogens (tertiary/aromatic N) is 4. The number of carbonyl (C=O) groups excluding carboxylic acids is 1. The van der Waals surface area contributed by atoms with E-state index in [0.717, 1.165) is 0 Å². The third kappa shape index (κ3) is 4.48. The van der Waals surface area contributed by atoms with E-state index in [1.165, 1.54) is 35.0 Å². The molecular weight excluding hydrogens is 387 g/mol. The lowest BCUT2D eigenvalue weighted by Gasteiger charge is -2.35. The van der Waals surface area contributed by atoms with Gasteiger partial charge in [-0.2, -0.15) is 4.68 Å². The van der Waals surface area contributed by atoms with Crippen LogP contribution in [-0.2, 0) is 4.79 Å². The van der Waals surface area contributed by atoms with Crippen LogP contribution >= 0.6 is 0 Å². The van der Waals surface area contributed by atoms with Gasteiger partial charge in [0.2, 0.25) is 0 Å². The van der Waals surface area contributed by atoms with Crippen LogP contribution in [0.4, 0.5) is 10.2 Å². The van der Waals surface area contributed by atoms with Crippen molar-refractivity contribution in [1.29, 1.82) is 0 Å². The van der Waals surface area contributed by atoms with Crippen LogP contribution in [0.15, 0.2) is 71.5 Å². The number of benzene rings is 2. The van der Waals surface area contributed by atoms with Crippen molar-refractivity contribution in [2.24, 2.45) is 0 Å². The maximum atomic E-state index is 12.9. The fourth-order valence-electron chi connectivity index (χ4n) is 3.28. The summed E-state index contributed by atoms with van der Waals surface area (Å²) in [5, 5.41) is 4.49. The number of rotatable bonds is 5. The number of para-hydroxylation sites is 1. The summed E-state index contributed by atoms with van der Waals surface area (Å²) >= 11 is 0. The topological polar surface area (TPSA) is 67.7 Å². The van der Waals surface area contributed by atoms with Crippen LogP contribution in [0.3, 0.4) is 0 Å². The highest BCUT2D eigenvalue weighted by Crippen LogP contribution is 2.15.